The van der Waals surface area contributed by atoms with Gasteiger partial charge in [-0.3, -0.25) is 10.1 Å². The van der Waals surface area contributed by atoms with Crippen LogP contribution in [-0.2, 0) is 0 Å². The van der Waals surface area contributed by atoms with E-state index in [-0.39, 0.29) is 10.6 Å². The van der Waals surface area contributed by atoms with E-state index in [2.05, 4.69) is 9.88 Å². The van der Waals surface area contributed by atoms with E-state index in [4.69, 9.17) is 0 Å². The van der Waals surface area contributed by atoms with Gasteiger partial charge in [0, 0.05) is 25.4 Å². The third-order valence-electron chi connectivity index (χ3n) is 2.87. The van der Waals surface area contributed by atoms with Crippen LogP contribution in [0.3, 0.4) is 0 Å². The predicted molar refractivity (Wildman–Crippen MR) is 61.6 cm³/mol. The van der Waals surface area contributed by atoms with Gasteiger partial charge in [0.2, 0.25) is 0 Å². The molecule has 5 heteroatoms. The van der Waals surface area contributed by atoms with Gasteiger partial charge in [0.05, 0.1) is 11.0 Å². The van der Waals surface area contributed by atoms with Crippen molar-refractivity contribution in [3.05, 3.63) is 28.4 Å². The topological polar surface area (TPSA) is 59.3 Å². The van der Waals surface area contributed by atoms with Crippen LogP contribution in [-0.4, -0.2) is 23.0 Å². The first kappa shape index (κ1) is 10.9. The zero-order valence-corrected chi connectivity index (χ0v) is 9.13. The fourth-order valence-electron chi connectivity index (χ4n) is 1.99. The highest BCUT2D eigenvalue weighted by Gasteiger charge is 2.14. The highest BCUT2D eigenvalue weighted by molar-refractivity contribution is 5.46. The van der Waals surface area contributed by atoms with Gasteiger partial charge in [0.15, 0.2) is 0 Å². The van der Waals surface area contributed by atoms with E-state index in [9.17, 15) is 10.1 Å². The van der Waals surface area contributed by atoms with Crippen molar-refractivity contribution in [3.63, 3.8) is 0 Å². The number of anilines is 1. The van der Waals surface area contributed by atoms with Crippen molar-refractivity contribution in [2.24, 2.45) is 0 Å². The molecule has 0 aromatic carbocycles. The standard InChI is InChI=1S/C11H15N3O2/c15-14(16)10-5-6-12-11(9-10)13-7-3-1-2-4-8-13/h5-6,9H,1-4,7-8H2. The van der Waals surface area contributed by atoms with E-state index in [1.54, 1.807) is 6.07 Å². The Kier molecular flexibility index (Phi) is 3.34. The highest BCUT2D eigenvalue weighted by Crippen LogP contribution is 2.21. The highest BCUT2D eigenvalue weighted by atomic mass is 16.6. The molecule has 1 aromatic heterocycles. The largest absolute Gasteiger partial charge is 0.356 e. The number of aromatic nitrogens is 1. The quantitative estimate of drug-likeness (QED) is 0.568. The molecular formula is C11H15N3O2. The van der Waals surface area contributed by atoms with Crippen LogP contribution in [0.2, 0.25) is 0 Å². The Morgan fingerprint density at radius 2 is 1.94 bits per heavy atom. The number of hydrogen-bond donors (Lipinski definition) is 0. The van der Waals surface area contributed by atoms with E-state index in [0.717, 1.165) is 31.7 Å². The summed E-state index contributed by atoms with van der Waals surface area (Å²) >= 11 is 0. The summed E-state index contributed by atoms with van der Waals surface area (Å²) < 4.78 is 0. The predicted octanol–water partition coefficient (Wildman–Crippen LogP) is 2.37. The van der Waals surface area contributed by atoms with Crippen molar-refractivity contribution in [1.82, 2.24) is 4.98 Å². The first-order valence-electron chi connectivity index (χ1n) is 5.63. The smallest absolute Gasteiger partial charge is 0.274 e. The van der Waals surface area contributed by atoms with Gasteiger partial charge < -0.3 is 4.90 Å². The summed E-state index contributed by atoms with van der Waals surface area (Å²) in [6.45, 7) is 1.91. The van der Waals surface area contributed by atoms with Crippen molar-refractivity contribution in [2.45, 2.75) is 25.7 Å². The van der Waals surface area contributed by atoms with Gasteiger partial charge in [-0.15, -0.1) is 0 Å². The maximum Gasteiger partial charge on any atom is 0.274 e. The summed E-state index contributed by atoms with van der Waals surface area (Å²) in [6, 6.07) is 2.99. The summed E-state index contributed by atoms with van der Waals surface area (Å²) in [6.07, 6.45) is 6.28. The summed E-state index contributed by atoms with van der Waals surface area (Å²) in [7, 11) is 0. The molecule has 0 radical (unpaired) electrons. The van der Waals surface area contributed by atoms with Gasteiger partial charge in [-0.25, -0.2) is 4.98 Å². The van der Waals surface area contributed by atoms with Gasteiger partial charge in [0.1, 0.15) is 5.82 Å². The van der Waals surface area contributed by atoms with Gasteiger partial charge in [-0.2, -0.15) is 0 Å². The summed E-state index contributed by atoms with van der Waals surface area (Å²) in [5.74, 6) is 0.733. The zero-order valence-electron chi connectivity index (χ0n) is 9.13. The molecule has 0 bridgehead atoms. The molecule has 1 aromatic rings. The van der Waals surface area contributed by atoms with E-state index in [1.807, 2.05) is 0 Å². The summed E-state index contributed by atoms with van der Waals surface area (Å²) in [4.78, 5) is 16.6. The first-order valence-corrected chi connectivity index (χ1v) is 5.63. The molecule has 0 atom stereocenters. The third-order valence-corrected chi connectivity index (χ3v) is 2.87. The molecule has 5 nitrogen and oxygen atoms in total. The van der Waals surface area contributed by atoms with E-state index in [1.165, 1.54) is 25.1 Å². The van der Waals surface area contributed by atoms with Crippen LogP contribution in [0.25, 0.3) is 0 Å². The second-order valence-corrected chi connectivity index (χ2v) is 4.03. The lowest BCUT2D eigenvalue weighted by Crippen LogP contribution is -2.24. The van der Waals surface area contributed by atoms with E-state index >= 15 is 0 Å². The minimum atomic E-state index is -0.372. The summed E-state index contributed by atoms with van der Waals surface area (Å²) in [5.41, 5.74) is 0.120. The number of nitro groups is 1. The number of nitrogens with zero attached hydrogens (tertiary/aromatic N) is 3. The van der Waals surface area contributed by atoms with Crippen molar-refractivity contribution >= 4 is 11.5 Å². The van der Waals surface area contributed by atoms with Gasteiger partial charge >= 0.3 is 0 Å². The van der Waals surface area contributed by atoms with Crippen LogP contribution in [0, 0.1) is 10.1 Å². The van der Waals surface area contributed by atoms with Crippen molar-refractivity contribution in [3.8, 4) is 0 Å². The molecule has 1 aliphatic rings. The Bertz CT molecular complexity index is 373. The first-order chi connectivity index (χ1) is 7.77. The van der Waals surface area contributed by atoms with Crippen LogP contribution in [0.1, 0.15) is 25.7 Å². The van der Waals surface area contributed by atoms with Crippen LogP contribution in [0.15, 0.2) is 18.3 Å². The Labute approximate surface area is 94.2 Å². The Morgan fingerprint density at radius 1 is 1.25 bits per heavy atom. The Hall–Kier alpha value is -1.65. The Balaban J connectivity index is 2.18. The summed E-state index contributed by atoms with van der Waals surface area (Å²) in [5, 5.41) is 10.7. The number of rotatable bonds is 2. The number of pyridine rings is 1. The van der Waals surface area contributed by atoms with E-state index < -0.39 is 0 Å². The Morgan fingerprint density at radius 3 is 2.56 bits per heavy atom. The molecule has 1 saturated heterocycles. The molecule has 16 heavy (non-hydrogen) atoms. The van der Waals surface area contributed by atoms with Crippen LogP contribution in [0.5, 0.6) is 0 Å². The lowest BCUT2D eigenvalue weighted by atomic mass is 10.2. The third kappa shape index (κ3) is 2.48. The van der Waals surface area contributed by atoms with Gasteiger partial charge in [-0.1, -0.05) is 12.8 Å². The van der Waals surface area contributed by atoms with Crippen LogP contribution < -0.4 is 4.90 Å². The van der Waals surface area contributed by atoms with Crippen LogP contribution >= 0.6 is 0 Å². The molecule has 0 unspecified atom stereocenters. The molecule has 1 aliphatic heterocycles. The minimum Gasteiger partial charge on any atom is -0.356 e. The molecule has 0 saturated carbocycles. The maximum absolute atomic E-state index is 10.7. The average Bonchev–Trinajstić information content (AvgIpc) is 2.57. The van der Waals surface area contributed by atoms with Crippen LogP contribution in [0.4, 0.5) is 11.5 Å². The van der Waals surface area contributed by atoms with Crippen molar-refractivity contribution in [1.29, 1.82) is 0 Å². The molecular weight excluding hydrogens is 206 g/mol. The number of hydrogen-bond acceptors (Lipinski definition) is 4. The molecule has 1 fully saturated rings. The molecule has 0 spiro atoms. The lowest BCUT2D eigenvalue weighted by Gasteiger charge is -2.20. The molecule has 86 valence electrons. The second-order valence-electron chi connectivity index (χ2n) is 4.03. The molecule has 0 N–H and O–H groups in total. The average molecular weight is 221 g/mol. The fraction of sp³-hybridized carbons (Fsp3) is 0.545. The molecule has 2 heterocycles. The molecule has 2 rings (SSSR count). The van der Waals surface area contributed by atoms with Gasteiger partial charge in [-0.05, 0) is 12.8 Å². The lowest BCUT2D eigenvalue weighted by molar-refractivity contribution is -0.384. The zero-order chi connectivity index (χ0) is 11.4. The monoisotopic (exact) mass is 221 g/mol. The SMILES string of the molecule is O=[N+]([O-])c1ccnc(N2CCCCCC2)c1. The molecule has 0 amide bonds. The second kappa shape index (κ2) is 4.92. The fourth-order valence-corrected chi connectivity index (χ4v) is 1.99. The van der Waals surface area contributed by atoms with Gasteiger partial charge in [0.25, 0.3) is 5.69 Å². The molecule has 0 aliphatic carbocycles. The maximum atomic E-state index is 10.7. The van der Waals surface area contributed by atoms with Crippen molar-refractivity contribution in [2.75, 3.05) is 18.0 Å². The minimum absolute atomic E-state index is 0.120. The normalized spacial score (nSPS) is 16.9. The van der Waals surface area contributed by atoms with Crippen molar-refractivity contribution < 1.29 is 4.92 Å². The van der Waals surface area contributed by atoms with E-state index in [0.29, 0.717) is 0 Å².